The second-order valence-corrected chi connectivity index (χ2v) is 12.2. The van der Waals surface area contributed by atoms with Crippen LogP contribution in [0, 0.1) is 0 Å². The van der Waals surface area contributed by atoms with Crippen LogP contribution >= 0.6 is 34.8 Å². The van der Waals surface area contributed by atoms with Crippen molar-refractivity contribution in [2.24, 2.45) is 5.14 Å². The third-order valence-electron chi connectivity index (χ3n) is 4.86. The molecule has 0 atom stereocenters. The van der Waals surface area contributed by atoms with Crippen molar-refractivity contribution in [3.8, 4) is 0 Å². The fourth-order valence-corrected chi connectivity index (χ4v) is 5.38. The molecule has 0 fully saturated rings. The highest BCUT2D eigenvalue weighted by Crippen LogP contribution is 2.25. The topological polar surface area (TPSA) is 127 Å². The Morgan fingerprint density at radius 2 is 1.37 bits per heavy atom. The predicted molar refractivity (Wildman–Crippen MR) is 135 cm³/mol. The minimum Gasteiger partial charge on any atom is -0.351 e. The third kappa shape index (κ3) is 7.40. The molecule has 0 radical (unpaired) electrons. The molecule has 13 heteroatoms. The lowest BCUT2D eigenvalue weighted by atomic mass is 10.2. The number of nitrogens with two attached hydrogens (primary N) is 1. The van der Waals surface area contributed by atoms with Gasteiger partial charge in [-0.05, 0) is 59.7 Å². The molecule has 0 aliphatic rings. The quantitative estimate of drug-likeness (QED) is 0.401. The molecule has 186 valence electrons. The van der Waals surface area contributed by atoms with Crippen LogP contribution in [0.15, 0.2) is 76.5 Å². The summed E-state index contributed by atoms with van der Waals surface area (Å²) in [6.07, 6.45) is 0. The molecule has 3 aromatic rings. The molecule has 35 heavy (non-hydrogen) atoms. The Kier molecular flexibility index (Phi) is 8.81. The third-order valence-corrected chi connectivity index (χ3v) is 8.58. The first-order chi connectivity index (χ1) is 16.4. The van der Waals surface area contributed by atoms with E-state index in [1.807, 2.05) is 0 Å². The van der Waals surface area contributed by atoms with Crippen LogP contribution in [-0.4, -0.2) is 33.6 Å². The molecular formula is C22H20Cl3N3O5S2. The minimum atomic E-state index is -4.08. The Morgan fingerprint density at radius 3 is 1.94 bits per heavy atom. The number of benzene rings is 3. The smallest absolute Gasteiger partial charge is 0.243 e. The van der Waals surface area contributed by atoms with Crippen LogP contribution in [0.25, 0.3) is 0 Å². The molecule has 0 aliphatic heterocycles. The van der Waals surface area contributed by atoms with Crippen LogP contribution in [0.2, 0.25) is 15.1 Å². The second-order valence-electron chi connectivity index (χ2n) is 7.44. The number of hydrogen-bond acceptors (Lipinski definition) is 5. The Balaban J connectivity index is 1.79. The SMILES string of the molecule is NS(=O)(=O)c1ccc(CNC(=O)CN(Cc2ccc(Cl)c(Cl)c2)S(=O)(=O)c2ccc(Cl)cc2)cc1. The molecular weight excluding hydrogens is 557 g/mol. The Bertz CT molecular complexity index is 1430. The number of amides is 1. The Labute approximate surface area is 218 Å². The number of nitrogens with zero attached hydrogens (tertiary/aromatic N) is 1. The second kappa shape index (κ2) is 11.3. The van der Waals surface area contributed by atoms with Gasteiger partial charge < -0.3 is 5.32 Å². The highest BCUT2D eigenvalue weighted by molar-refractivity contribution is 7.89. The molecule has 3 N–H and O–H groups in total. The number of sulfonamides is 2. The maximum Gasteiger partial charge on any atom is 0.243 e. The highest BCUT2D eigenvalue weighted by Gasteiger charge is 2.27. The van der Waals surface area contributed by atoms with Crippen molar-refractivity contribution in [2.45, 2.75) is 22.9 Å². The Morgan fingerprint density at radius 1 is 0.800 bits per heavy atom. The van der Waals surface area contributed by atoms with E-state index >= 15 is 0 Å². The zero-order valence-electron chi connectivity index (χ0n) is 18.0. The average Bonchev–Trinajstić information content (AvgIpc) is 2.79. The van der Waals surface area contributed by atoms with Gasteiger partial charge in [-0.25, -0.2) is 22.0 Å². The van der Waals surface area contributed by atoms with E-state index in [0.717, 1.165) is 4.31 Å². The van der Waals surface area contributed by atoms with Crippen LogP contribution in [0.1, 0.15) is 11.1 Å². The number of rotatable bonds is 9. The molecule has 0 bridgehead atoms. The molecule has 0 unspecified atom stereocenters. The monoisotopic (exact) mass is 575 g/mol. The van der Waals surface area contributed by atoms with Crippen molar-refractivity contribution in [1.82, 2.24) is 9.62 Å². The lowest BCUT2D eigenvalue weighted by molar-refractivity contribution is -0.121. The van der Waals surface area contributed by atoms with Gasteiger partial charge in [0.2, 0.25) is 26.0 Å². The molecule has 0 aliphatic carbocycles. The van der Waals surface area contributed by atoms with E-state index < -0.39 is 32.5 Å². The molecule has 0 saturated heterocycles. The summed E-state index contributed by atoms with van der Waals surface area (Å²) in [5.41, 5.74) is 1.13. The molecule has 1 amide bonds. The maximum atomic E-state index is 13.3. The maximum absolute atomic E-state index is 13.3. The fourth-order valence-electron chi connectivity index (χ4n) is 3.04. The zero-order chi connectivity index (χ0) is 25.8. The normalized spacial score (nSPS) is 12.0. The van der Waals surface area contributed by atoms with Gasteiger partial charge in [0.1, 0.15) is 0 Å². The summed E-state index contributed by atoms with van der Waals surface area (Å²) in [6, 6.07) is 15.9. The number of carbonyl (C=O) groups excluding carboxylic acids is 1. The molecule has 8 nitrogen and oxygen atoms in total. The summed E-state index contributed by atoms with van der Waals surface area (Å²) in [4.78, 5) is 12.6. The average molecular weight is 577 g/mol. The molecule has 0 heterocycles. The van der Waals surface area contributed by atoms with E-state index in [1.54, 1.807) is 6.07 Å². The molecule has 3 rings (SSSR count). The van der Waals surface area contributed by atoms with Crippen LogP contribution in [0.5, 0.6) is 0 Å². The molecule has 0 aromatic heterocycles. The van der Waals surface area contributed by atoms with Crippen LogP contribution < -0.4 is 10.5 Å². The van der Waals surface area contributed by atoms with Crippen molar-refractivity contribution >= 4 is 60.8 Å². The summed E-state index contributed by atoms with van der Waals surface area (Å²) in [5.74, 6) is -0.571. The van der Waals surface area contributed by atoms with Crippen molar-refractivity contribution in [2.75, 3.05) is 6.54 Å². The molecule has 0 saturated carbocycles. The summed E-state index contributed by atoms with van der Waals surface area (Å²) in [5, 5.41) is 8.64. The van der Waals surface area contributed by atoms with Gasteiger partial charge in [-0.3, -0.25) is 4.79 Å². The lowest BCUT2D eigenvalue weighted by Crippen LogP contribution is -2.40. The van der Waals surface area contributed by atoms with Gasteiger partial charge in [-0.1, -0.05) is 53.0 Å². The van der Waals surface area contributed by atoms with Gasteiger partial charge in [-0.15, -0.1) is 0 Å². The highest BCUT2D eigenvalue weighted by atomic mass is 35.5. The number of primary sulfonamides is 1. The van der Waals surface area contributed by atoms with E-state index in [4.69, 9.17) is 39.9 Å². The summed E-state index contributed by atoms with van der Waals surface area (Å²) in [6.45, 7) is -0.579. The van der Waals surface area contributed by atoms with Crippen LogP contribution in [0.4, 0.5) is 0 Å². The Hall–Kier alpha value is -2.18. The fraction of sp³-hybridized carbons (Fsp3) is 0.136. The van der Waals surface area contributed by atoms with Crippen LogP contribution in [-0.2, 0) is 37.9 Å². The largest absolute Gasteiger partial charge is 0.351 e. The van der Waals surface area contributed by atoms with Crippen molar-refractivity contribution in [3.63, 3.8) is 0 Å². The van der Waals surface area contributed by atoms with Gasteiger partial charge in [-0.2, -0.15) is 4.31 Å². The standard InChI is InChI=1S/C22H20Cl3N3O5S2/c23-17-4-8-19(9-5-17)35(32,33)28(13-16-3-10-20(24)21(25)11-16)14-22(29)27-12-15-1-6-18(7-2-15)34(26,30)31/h1-11H,12-14H2,(H,27,29)(H2,26,30,31). The molecule has 3 aromatic carbocycles. The van der Waals surface area contributed by atoms with E-state index in [1.165, 1.54) is 60.7 Å². The van der Waals surface area contributed by atoms with Crippen molar-refractivity contribution in [1.29, 1.82) is 0 Å². The van der Waals surface area contributed by atoms with Crippen molar-refractivity contribution < 1.29 is 21.6 Å². The van der Waals surface area contributed by atoms with Gasteiger partial charge in [0.25, 0.3) is 0 Å². The number of nitrogens with one attached hydrogen (secondary N) is 1. The van der Waals surface area contributed by atoms with Gasteiger partial charge in [0.15, 0.2) is 0 Å². The van der Waals surface area contributed by atoms with E-state index in [2.05, 4.69) is 5.32 Å². The molecule has 0 spiro atoms. The zero-order valence-corrected chi connectivity index (χ0v) is 21.9. The first-order valence-electron chi connectivity index (χ1n) is 9.94. The van der Waals surface area contributed by atoms with E-state index in [-0.39, 0.29) is 27.9 Å². The predicted octanol–water partition coefficient (Wildman–Crippen LogP) is 3.80. The van der Waals surface area contributed by atoms with Crippen LogP contribution in [0.3, 0.4) is 0 Å². The summed E-state index contributed by atoms with van der Waals surface area (Å²) >= 11 is 17.9. The first-order valence-corrected chi connectivity index (χ1v) is 14.1. The van der Waals surface area contributed by atoms with Crippen molar-refractivity contribution in [3.05, 3.63) is 92.9 Å². The van der Waals surface area contributed by atoms with E-state index in [9.17, 15) is 21.6 Å². The summed E-state index contributed by atoms with van der Waals surface area (Å²) in [7, 11) is -7.92. The number of hydrogen-bond donors (Lipinski definition) is 2. The van der Waals surface area contributed by atoms with Gasteiger partial charge in [0, 0.05) is 18.1 Å². The minimum absolute atomic E-state index is 0.0339. The van der Waals surface area contributed by atoms with Gasteiger partial charge in [0.05, 0.1) is 26.4 Å². The number of carbonyl (C=O) groups is 1. The van der Waals surface area contributed by atoms with E-state index in [0.29, 0.717) is 21.2 Å². The first kappa shape index (κ1) is 27.4. The summed E-state index contributed by atoms with van der Waals surface area (Å²) < 4.78 is 50.4. The number of halogens is 3. The lowest BCUT2D eigenvalue weighted by Gasteiger charge is -2.22. The van der Waals surface area contributed by atoms with Gasteiger partial charge >= 0.3 is 0 Å².